The Morgan fingerprint density at radius 1 is 1.28 bits per heavy atom. The fraction of sp³-hybridized carbons (Fsp3) is 0.235. The van der Waals surface area contributed by atoms with Crippen LogP contribution in [0.2, 0.25) is 5.02 Å². The highest BCUT2D eigenvalue weighted by atomic mass is 35.5. The first-order valence-electron chi connectivity index (χ1n) is 7.45. The second-order valence-corrected chi connectivity index (χ2v) is 5.82. The highest BCUT2D eigenvalue weighted by molar-refractivity contribution is 6.31. The Hall–Kier alpha value is -2.80. The zero-order valence-corrected chi connectivity index (χ0v) is 14.8. The smallest absolute Gasteiger partial charge is 0.274 e. The van der Waals surface area contributed by atoms with Gasteiger partial charge in [0.1, 0.15) is 5.75 Å². The molecule has 7 nitrogen and oxygen atoms in total. The molecule has 0 radical (unpaired) electrons. The van der Waals surface area contributed by atoms with E-state index in [4.69, 9.17) is 16.3 Å². The average Bonchev–Trinajstić information content (AvgIpc) is 2.57. The van der Waals surface area contributed by atoms with Crippen molar-refractivity contribution in [2.45, 2.75) is 13.8 Å². The maximum absolute atomic E-state index is 12.2. The number of rotatable bonds is 6. The molecule has 0 saturated carbocycles. The summed E-state index contributed by atoms with van der Waals surface area (Å²) in [5.74, 6) is 0.188. The maximum Gasteiger partial charge on any atom is 0.274 e. The predicted molar refractivity (Wildman–Crippen MR) is 97.7 cm³/mol. The van der Waals surface area contributed by atoms with Crippen molar-refractivity contribution in [1.29, 1.82) is 0 Å². The van der Waals surface area contributed by atoms with Gasteiger partial charge in [0.2, 0.25) is 5.91 Å². The first-order valence-corrected chi connectivity index (χ1v) is 7.83. The van der Waals surface area contributed by atoms with Gasteiger partial charge >= 0.3 is 0 Å². The number of carbonyl (C=O) groups excluding carboxylic acids is 1. The third kappa shape index (κ3) is 4.39. The van der Waals surface area contributed by atoms with E-state index in [1.165, 1.54) is 19.2 Å². The SMILES string of the molecule is COc1cc(Cl)c(C)cc1NCC(=O)Nc1cccc([N+](=O)[O-])c1C. The topological polar surface area (TPSA) is 93.5 Å². The Balaban J connectivity index is 2.08. The fourth-order valence-electron chi connectivity index (χ4n) is 2.30. The molecule has 0 spiro atoms. The number of nitrogens with zero attached hydrogens (tertiary/aromatic N) is 1. The Bertz CT molecular complexity index is 824. The van der Waals surface area contributed by atoms with Gasteiger partial charge in [0.05, 0.1) is 35.5 Å². The molecule has 0 bridgehead atoms. The van der Waals surface area contributed by atoms with Gasteiger partial charge in [-0.3, -0.25) is 14.9 Å². The second-order valence-electron chi connectivity index (χ2n) is 5.41. The van der Waals surface area contributed by atoms with Gasteiger partial charge in [-0.15, -0.1) is 0 Å². The number of carbonyl (C=O) groups is 1. The van der Waals surface area contributed by atoms with Crippen molar-refractivity contribution in [3.05, 3.63) is 56.6 Å². The van der Waals surface area contributed by atoms with Crippen LogP contribution in [0.25, 0.3) is 0 Å². The normalized spacial score (nSPS) is 10.2. The summed E-state index contributed by atoms with van der Waals surface area (Å²) in [5, 5.41) is 17.2. The molecule has 25 heavy (non-hydrogen) atoms. The van der Waals surface area contributed by atoms with Gasteiger partial charge < -0.3 is 15.4 Å². The van der Waals surface area contributed by atoms with Crippen molar-refractivity contribution in [3.8, 4) is 5.75 Å². The number of aryl methyl sites for hydroxylation is 1. The van der Waals surface area contributed by atoms with E-state index in [2.05, 4.69) is 10.6 Å². The molecule has 0 unspecified atom stereocenters. The summed E-state index contributed by atoms with van der Waals surface area (Å²) in [4.78, 5) is 22.6. The summed E-state index contributed by atoms with van der Waals surface area (Å²) >= 11 is 6.05. The van der Waals surface area contributed by atoms with Crippen LogP contribution in [-0.2, 0) is 4.79 Å². The van der Waals surface area contributed by atoms with Gasteiger partial charge in [-0.05, 0) is 31.5 Å². The van der Waals surface area contributed by atoms with Crippen molar-refractivity contribution < 1.29 is 14.5 Å². The first kappa shape index (κ1) is 18.5. The van der Waals surface area contributed by atoms with Gasteiger partial charge in [-0.25, -0.2) is 0 Å². The van der Waals surface area contributed by atoms with Gasteiger partial charge in [-0.2, -0.15) is 0 Å². The third-order valence-electron chi connectivity index (χ3n) is 3.70. The molecule has 0 aliphatic carbocycles. The van der Waals surface area contributed by atoms with Crippen LogP contribution in [0.4, 0.5) is 17.1 Å². The number of amides is 1. The lowest BCUT2D eigenvalue weighted by Crippen LogP contribution is -2.22. The minimum Gasteiger partial charge on any atom is -0.495 e. The van der Waals surface area contributed by atoms with Crippen LogP contribution in [-0.4, -0.2) is 24.5 Å². The lowest BCUT2D eigenvalue weighted by Gasteiger charge is -2.14. The Kier molecular flexibility index (Phi) is 5.82. The van der Waals surface area contributed by atoms with Crippen molar-refractivity contribution >= 4 is 34.6 Å². The lowest BCUT2D eigenvalue weighted by molar-refractivity contribution is -0.385. The molecule has 1 amide bonds. The van der Waals surface area contributed by atoms with Crippen LogP contribution in [0.1, 0.15) is 11.1 Å². The summed E-state index contributed by atoms with van der Waals surface area (Å²) in [6, 6.07) is 7.99. The fourth-order valence-corrected chi connectivity index (χ4v) is 2.45. The molecule has 132 valence electrons. The Morgan fingerprint density at radius 3 is 2.64 bits per heavy atom. The van der Waals surface area contributed by atoms with Crippen molar-refractivity contribution in [1.82, 2.24) is 0 Å². The molecule has 0 saturated heterocycles. The summed E-state index contributed by atoms with van der Waals surface area (Å²) < 4.78 is 5.24. The van der Waals surface area contributed by atoms with E-state index in [0.29, 0.717) is 27.7 Å². The second kappa shape index (κ2) is 7.85. The Morgan fingerprint density at radius 2 is 2.00 bits per heavy atom. The van der Waals surface area contributed by atoms with Crippen LogP contribution in [0.15, 0.2) is 30.3 Å². The van der Waals surface area contributed by atoms with E-state index >= 15 is 0 Å². The van der Waals surface area contributed by atoms with Crippen molar-refractivity contribution in [3.63, 3.8) is 0 Å². The van der Waals surface area contributed by atoms with E-state index in [1.54, 1.807) is 25.1 Å². The average molecular weight is 364 g/mol. The predicted octanol–water partition coefficient (Wildman–Crippen LogP) is 3.92. The minimum absolute atomic E-state index is 0.0282. The number of nitrogens with one attached hydrogen (secondary N) is 2. The summed E-state index contributed by atoms with van der Waals surface area (Å²) in [7, 11) is 1.51. The molecule has 0 atom stereocenters. The third-order valence-corrected chi connectivity index (χ3v) is 4.10. The number of hydrogen-bond donors (Lipinski definition) is 2. The molecular weight excluding hydrogens is 346 g/mol. The summed E-state index contributed by atoms with van der Waals surface area (Å²) in [6.45, 7) is 3.41. The molecule has 2 aromatic carbocycles. The molecule has 2 N–H and O–H groups in total. The number of halogens is 1. The summed E-state index contributed by atoms with van der Waals surface area (Å²) in [6.07, 6.45) is 0. The molecule has 0 aliphatic rings. The quantitative estimate of drug-likeness (QED) is 0.599. The van der Waals surface area contributed by atoms with Crippen LogP contribution < -0.4 is 15.4 Å². The van der Waals surface area contributed by atoms with Gasteiger partial charge in [0, 0.05) is 17.2 Å². The maximum atomic E-state index is 12.2. The molecule has 0 fully saturated rings. The standard InChI is InChI=1S/C17H18ClN3O4/c1-10-7-14(16(25-3)8-12(10)18)19-9-17(22)20-13-5-4-6-15(11(13)2)21(23)24/h4-8,19H,9H2,1-3H3,(H,20,22). The van der Waals surface area contributed by atoms with Crippen LogP contribution in [0.5, 0.6) is 5.75 Å². The number of hydrogen-bond acceptors (Lipinski definition) is 5. The van der Waals surface area contributed by atoms with E-state index in [1.807, 2.05) is 6.92 Å². The molecule has 0 heterocycles. The highest BCUT2D eigenvalue weighted by Crippen LogP contribution is 2.31. The van der Waals surface area contributed by atoms with Crippen LogP contribution in [0.3, 0.4) is 0 Å². The molecular formula is C17H18ClN3O4. The first-order chi connectivity index (χ1) is 11.8. The zero-order chi connectivity index (χ0) is 18.6. The van der Waals surface area contributed by atoms with Crippen LogP contribution in [0, 0.1) is 24.0 Å². The van der Waals surface area contributed by atoms with Gasteiger partial charge in [0.25, 0.3) is 5.69 Å². The zero-order valence-electron chi connectivity index (χ0n) is 14.1. The number of methoxy groups -OCH3 is 1. The monoisotopic (exact) mass is 363 g/mol. The number of nitro benzene ring substituents is 1. The summed E-state index contributed by atoms with van der Waals surface area (Å²) in [5.41, 5.74) is 2.25. The van der Waals surface area contributed by atoms with Crippen molar-refractivity contribution in [2.75, 3.05) is 24.3 Å². The minimum atomic E-state index is -0.482. The van der Waals surface area contributed by atoms with E-state index in [0.717, 1.165) is 5.56 Å². The highest BCUT2D eigenvalue weighted by Gasteiger charge is 2.15. The molecule has 2 rings (SSSR count). The molecule has 8 heteroatoms. The van der Waals surface area contributed by atoms with Crippen LogP contribution >= 0.6 is 11.6 Å². The van der Waals surface area contributed by atoms with E-state index < -0.39 is 4.92 Å². The number of ether oxygens (including phenoxy) is 1. The number of benzene rings is 2. The van der Waals surface area contributed by atoms with E-state index in [9.17, 15) is 14.9 Å². The van der Waals surface area contributed by atoms with E-state index in [-0.39, 0.29) is 18.1 Å². The van der Waals surface area contributed by atoms with Crippen molar-refractivity contribution in [2.24, 2.45) is 0 Å². The molecule has 0 aromatic heterocycles. The number of anilines is 2. The lowest BCUT2D eigenvalue weighted by atomic mass is 10.1. The largest absolute Gasteiger partial charge is 0.495 e. The molecule has 0 aliphatic heterocycles. The van der Waals surface area contributed by atoms with Gasteiger partial charge in [-0.1, -0.05) is 17.7 Å². The number of nitro groups is 1. The van der Waals surface area contributed by atoms with Gasteiger partial charge in [0.15, 0.2) is 0 Å². The molecule has 2 aromatic rings. The Labute approximate surface area is 150 Å².